The third-order valence-electron chi connectivity index (χ3n) is 4.61. The van der Waals surface area contributed by atoms with E-state index in [1.807, 2.05) is 0 Å². The number of benzene rings is 1. The summed E-state index contributed by atoms with van der Waals surface area (Å²) in [6.45, 7) is 1.45. The molecular weight excluding hydrogens is 418 g/mol. The maximum atomic E-state index is 12.6. The number of carbonyl (C=O) groups excluding carboxylic acids is 3. The Kier molecular flexibility index (Phi) is 5.97. The van der Waals surface area contributed by atoms with Crippen LogP contribution in [-0.2, 0) is 14.3 Å². The van der Waals surface area contributed by atoms with E-state index >= 15 is 0 Å². The smallest absolute Gasteiger partial charge is 0.338 e. The third-order valence-corrected chi connectivity index (χ3v) is 4.61. The van der Waals surface area contributed by atoms with Crippen LogP contribution in [-0.4, -0.2) is 45.9 Å². The summed E-state index contributed by atoms with van der Waals surface area (Å²) in [5.74, 6) is -0.951. The summed E-state index contributed by atoms with van der Waals surface area (Å²) in [6, 6.07) is 8.34. The summed E-state index contributed by atoms with van der Waals surface area (Å²) in [5, 5.41) is 9.16. The van der Waals surface area contributed by atoms with Crippen molar-refractivity contribution >= 4 is 18.0 Å². The SMILES string of the molecule is CCOC(=O)C1=C(COC(=O)c2ccc(-n3cncn3)cc2)NC(=O)N[C@@H]1c1ccco1. The number of carbonyl (C=O) groups is 3. The van der Waals surface area contributed by atoms with Crippen LogP contribution >= 0.6 is 0 Å². The van der Waals surface area contributed by atoms with Crippen molar-refractivity contribution in [1.29, 1.82) is 0 Å². The van der Waals surface area contributed by atoms with Crippen molar-refractivity contribution in [2.24, 2.45) is 0 Å². The fraction of sp³-hybridized carbons (Fsp3) is 0.190. The molecule has 2 amide bonds. The van der Waals surface area contributed by atoms with E-state index in [2.05, 4.69) is 20.7 Å². The second-order valence-corrected chi connectivity index (χ2v) is 6.62. The highest BCUT2D eigenvalue weighted by Crippen LogP contribution is 2.28. The number of hydrogen-bond donors (Lipinski definition) is 2. The number of aromatic nitrogens is 3. The van der Waals surface area contributed by atoms with Gasteiger partial charge in [0.25, 0.3) is 0 Å². The predicted octanol–water partition coefficient (Wildman–Crippen LogP) is 1.89. The summed E-state index contributed by atoms with van der Waals surface area (Å²) in [6.07, 6.45) is 4.36. The molecule has 11 nitrogen and oxygen atoms in total. The van der Waals surface area contributed by atoms with Gasteiger partial charge in [0.1, 0.15) is 31.1 Å². The van der Waals surface area contributed by atoms with Crippen LogP contribution in [0.5, 0.6) is 0 Å². The number of nitrogens with zero attached hydrogens (tertiary/aromatic N) is 3. The van der Waals surface area contributed by atoms with E-state index < -0.39 is 24.0 Å². The molecule has 0 unspecified atom stereocenters. The fourth-order valence-corrected chi connectivity index (χ4v) is 3.16. The summed E-state index contributed by atoms with van der Waals surface area (Å²) in [4.78, 5) is 41.2. The lowest BCUT2D eigenvalue weighted by Gasteiger charge is -2.27. The van der Waals surface area contributed by atoms with Gasteiger partial charge in [-0.1, -0.05) is 0 Å². The van der Waals surface area contributed by atoms with Crippen molar-refractivity contribution in [3.8, 4) is 5.69 Å². The highest BCUT2D eigenvalue weighted by atomic mass is 16.5. The summed E-state index contributed by atoms with van der Waals surface area (Å²) < 4.78 is 17.4. The molecule has 0 radical (unpaired) electrons. The Morgan fingerprint density at radius 1 is 1.16 bits per heavy atom. The molecule has 11 heteroatoms. The second-order valence-electron chi connectivity index (χ2n) is 6.62. The van der Waals surface area contributed by atoms with Gasteiger partial charge in [-0.15, -0.1) is 0 Å². The molecule has 1 aliphatic rings. The molecule has 0 saturated carbocycles. The number of furan rings is 1. The summed E-state index contributed by atoms with van der Waals surface area (Å²) >= 11 is 0. The van der Waals surface area contributed by atoms with Crippen molar-refractivity contribution in [2.45, 2.75) is 13.0 Å². The van der Waals surface area contributed by atoms with E-state index in [9.17, 15) is 14.4 Å². The van der Waals surface area contributed by atoms with E-state index in [-0.39, 0.29) is 30.0 Å². The molecule has 1 aliphatic heterocycles. The van der Waals surface area contributed by atoms with Crippen molar-refractivity contribution in [3.63, 3.8) is 0 Å². The lowest BCUT2D eigenvalue weighted by molar-refractivity contribution is -0.139. The van der Waals surface area contributed by atoms with Crippen molar-refractivity contribution < 1.29 is 28.3 Å². The molecule has 0 aliphatic carbocycles. The average Bonchev–Trinajstić information content (AvgIpc) is 3.52. The van der Waals surface area contributed by atoms with Crippen LogP contribution in [0.3, 0.4) is 0 Å². The topological polar surface area (TPSA) is 138 Å². The molecule has 2 aromatic heterocycles. The number of amides is 2. The number of ether oxygens (including phenoxy) is 2. The Morgan fingerprint density at radius 3 is 2.62 bits per heavy atom. The Bertz CT molecular complexity index is 1140. The standard InChI is InChI=1S/C21H19N5O6/c1-2-30-20(28)17-15(24-21(29)25-18(17)16-4-3-9-31-16)10-32-19(27)13-5-7-14(8-6-13)26-12-22-11-23-26/h3-9,11-12,18H,2,10H2,1H3,(H2,24,25,29)/t18-/m1/s1. The lowest BCUT2D eigenvalue weighted by atomic mass is 10.0. The minimum atomic E-state index is -0.881. The third kappa shape index (κ3) is 4.36. The molecule has 164 valence electrons. The number of esters is 2. The Balaban J connectivity index is 1.54. The Morgan fingerprint density at radius 2 is 1.97 bits per heavy atom. The molecule has 1 atom stereocenters. The van der Waals surface area contributed by atoms with Gasteiger partial charge in [0.2, 0.25) is 0 Å². The first-order chi connectivity index (χ1) is 15.6. The number of urea groups is 1. The molecule has 32 heavy (non-hydrogen) atoms. The van der Waals surface area contributed by atoms with Crippen molar-refractivity contribution in [3.05, 3.63) is 77.9 Å². The zero-order valence-electron chi connectivity index (χ0n) is 17.0. The second kappa shape index (κ2) is 9.16. The van der Waals surface area contributed by atoms with E-state index in [0.29, 0.717) is 5.76 Å². The van der Waals surface area contributed by atoms with Crippen LogP contribution in [0.1, 0.15) is 29.1 Å². The lowest BCUT2D eigenvalue weighted by Crippen LogP contribution is -2.47. The van der Waals surface area contributed by atoms with Gasteiger partial charge in [-0.05, 0) is 43.3 Å². The van der Waals surface area contributed by atoms with Gasteiger partial charge in [-0.2, -0.15) is 5.10 Å². The van der Waals surface area contributed by atoms with Gasteiger partial charge in [0.05, 0.1) is 35.4 Å². The predicted molar refractivity (Wildman–Crippen MR) is 108 cm³/mol. The zero-order chi connectivity index (χ0) is 22.5. The minimum Gasteiger partial charge on any atom is -0.467 e. The van der Waals surface area contributed by atoms with Crippen LogP contribution in [0.2, 0.25) is 0 Å². The normalized spacial score (nSPS) is 15.7. The first kappa shape index (κ1) is 20.8. The highest BCUT2D eigenvalue weighted by Gasteiger charge is 2.35. The Hall–Kier alpha value is -4.41. The van der Waals surface area contributed by atoms with Gasteiger partial charge < -0.3 is 24.5 Å². The monoisotopic (exact) mass is 437 g/mol. The van der Waals surface area contributed by atoms with E-state index in [1.54, 1.807) is 48.0 Å². The van der Waals surface area contributed by atoms with Gasteiger partial charge >= 0.3 is 18.0 Å². The summed E-state index contributed by atoms with van der Waals surface area (Å²) in [5.41, 5.74) is 1.21. The molecule has 0 spiro atoms. The minimum absolute atomic E-state index is 0.0933. The first-order valence-electron chi connectivity index (χ1n) is 9.70. The fourth-order valence-electron chi connectivity index (χ4n) is 3.16. The molecule has 0 saturated heterocycles. The van der Waals surface area contributed by atoms with Gasteiger partial charge in [0, 0.05) is 0 Å². The van der Waals surface area contributed by atoms with E-state index in [1.165, 1.54) is 18.9 Å². The molecule has 1 aromatic carbocycles. The molecular formula is C21H19N5O6. The maximum Gasteiger partial charge on any atom is 0.338 e. The highest BCUT2D eigenvalue weighted by molar-refractivity contribution is 5.95. The molecule has 2 N–H and O–H groups in total. The maximum absolute atomic E-state index is 12.6. The number of hydrogen-bond acceptors (Lipinski definition) is 8. The average molecular weight is 437 g/mol. The Labute approximate surface area is 182 Å². The van der Waals surface area contributed by atoms with Gasteiger partial charge in [0.15, 0.2) is 0 Å². The molecule has 3 aromatic rings. The quantitative estimate of drug-likeness (QED) is 0.535. The van der Waals surface area contributed by atoms with E-state index in [0.717, 1.165) is 5.69 Å². The number of rotatable bonds is 7. The zero-order valence-corrected chi connectivity index (χ0v) is 17.0. The van der Waals surface area contributed by atoms with Gasteiger partial charge in [-0.3, -0.25) is 0 Å². The van der Waals surface area contributed by atoms with Crippen LogP contribution in [0, 0.1) is 0 Å². The van der Waals surface area contributed by atoms with Crippen LogP contribution in [0.25, 0.3) is 5.69 Å². The largest absolute Gasteiger partial charge is 0.467 e. The molecule has 4 rings (SSSR count). The summed E-state index contributed by atoms with van der Waals surface area (Å²) in [7, 11) is 0. The van der Waals surface area contributed by atoms with E-state index in [4.69, 9.17) is 13.9 Å². The van der Waals surface area contributed by atoms with Crippen LogP contribution in [0.4, 0.5) is 4.79 Å². The van der Waals surface area contributed by atoms with Crippen molar-refractivity contribution in [2.75, 3.05) is 13.2 Å². The first-order valence-corrected chi connectivity index (χ1v) is 9.70. The van der Waals surface area contributed by atoms with Crippen molar-refractivity contribution in [1.82, 2.24) is 25.4 Å². The van der Waals surface area contributed by atoms with Crippen LogP contribution in [0.15, 0.2) is 71.0 Å². The van der Waals surface area contributed by atoms with Crippen LogP contribution < -0.4 is 10.6 Å². The van der Waals surface area contributed by atoms with Gasteiger partial charge in [-0.25, -0.2) is 24.0 Å². The molecule has 0 fully saturated rings. The number of nitrogens with one attached hydrogen (secondary N) is 2. The molecule has 3 heterocycles. The molecule has 0 bridgehead atoms.